The number of aliphatic imine (C=N–C) groups is 1. The third-order valence-electron chi connectivity index (χ3n) is 11.3. The van der Waals surface area contributed by atoms with E-state index in [0.29, 0.717) is 47.2 Å². The van der Waals surface area contributed by atoms with E-state index in [1.165, 1.54) is 24.5 Å². The Labute approximate surface area is 638 Å². The van der Waals surface area contributed by atoms with Crippen LogP contribution in [0.2, 0.25) is 0 Å². The van der Waals surface area contributed by atoms with Gasteiger partial charge in [-0.15, -0.1) is 5.10 Å². The molecule has 0 saturated carbocycles. The molecule has 0 unspecified atom stereocenters. The summed E-state index contributed by atoms with van der Waals surface area (Å²) < 4.78 is 59.5. The zero-order valence-corrected chi connectivity index (χ0v) is 57.6. The van der Waals surface area contributed by atoms with Gasteiger partial charge in [0.2, 0.25) is 23.4 Å². The number of aromatic nitrogens is 8. The summed E-state index contributed by atoms with van der Waals surface area (Å²) in [4.78, 5) is 84.1. The average Bonchev–Trinajstić information content (AvgIpc) is 4.49. The van der Waals surface area contributed by atoms with Gasteiger partial charge in [-0.05, 0) is 60.6 Å². The Morgan fingerprint density at radius 3 is 2.20 bits per heavy atom. The molecule has 5 heterocycles. The molecule has 0 fully saturated rings. The number of hydrogen-bond acceptors (Lipinski definition) is 24. The molecule has 5 N–H and O–H groups in total. The van der Waals surface area contributed by atoms with Gasteiger partial charge in [0.1, 0.15) is 43.2 Å². The van der Waals surface area contributed by atoms with Crippen LogP contribution in [0.5, 0.6) is 17.4 Å². The van der Waals surface area contributed by atoms with Gasteiger partial charge in [-0.1, -0.05) is 29.5 Å². The fourth-order valence-corrected chi connectivity index (χ4v) is 7.71. The number of nitrogens with two attached hydrogens (primary N) is 1. The molecule has 8 rings (SSSR count). The smallest absolute Gasteiger partial charge is 0.862 e. The van der Waals surface area contributed by atoms with Gasteiger partial charge in [0.05, 0.1) is 73.7 Å². The summed E-state index contributed by atoms with van der Waals surface area (Å²) in [6, 6.07) is 12.9. The summed E-state index contributed by atoms with van der Waals surface area (Å²) in [5, 5.41) is 67.8. The molecule has 0 bridgehead atoms. The standard InChI is InChI=1S/C49H47F2N13O15.4K/c50-30-7-8-31(62(20-38(66)67)21-39(68)69)44(42(30)51)76-13-12-75-34-14-28-15-35(78-33(28)16-32(34)63(22-40(70)71)23-41(72)73)47-55-18-36(79-47)46(74)53-10-1-11-64-19-29(60-61-64)6-9-37(65)54-17-26-2-4-27(5-3-26)24-77-48-43-45(57-25-56-43)58-49(52)59-48;;;;/h2-5,7-8,14-16,18-19,25H,1,6,9-13,17,20-24H2,(H,53,74)(H,54,65)(H,66,67)(H,68,69)(H,70,71)(H,72,73)(H3,52,56,57,58,59);;;;/q;4*+1/p-4. The Bertz CT molecular complexity index is 3540. The number of carboxylic acids is 4. The number of furan rings is 1. The second kappa shape index (κ2) is 34.5. The molecule has 1 amide bonds. The van der Waals surface area contributed by atoms with Crippen molar-refractivity contribution in [3.8, 4) is 29.0 Å². The van der Waals surface area contributed by atoms with E-state index >= 15 is 4.39 Å². The summed E-state index contributed by atoms with van der Waals surface area (Å²) >= 11 is 0. The van der Waals surface area contributed by atoms with E-state index in [2.05, 4.69) is 45.5 Å². The number of aryl methyl sites for hydroxylation is 2. The van der Waals surface area contributed by atoms with Crippen LogP contribution in [0.4, 0.5) is 26.1 Å². The molecule has 8 aromatic rings. The Kier molecular flexibility index (Phi) is 29.7. The molecule has 0 spiro atoms. The number of aliphatic carboxylic acids is 4. The number of anilines is 3. The number of rotatable bonds is 29. The third kappa shape index (κ3) is 20.6. The second-order valence-corrected chi connectivity index (χ2v) is 17.0. The minimum atomic E-state index is -1.76. The first-order valence-corrected chi connectivity index (χ1v) is 23.6. The van der Waals surface area contributed by atoms with Crippen molar-refractivity contribution in [3.63, 3.8) is 0 Å². The van der Waals surface area contributed by atoms with Crippen LogP contribution in [0, 0.1) is 11.6 Å². The van der Waals surface area contributed by atoms with Crippen molar-refractivity contribution in [2.75, 3.05) is 61.5 Å². The number of oxazole rings is 1. The van der Waals surface area contributed by atoms with Crippen LogP contribution in [0.3, 0.4) is 0 Å². The second-order valence-electron chi connectivity index (χ2n) is 17.0. The van der Waals surface area contributed by atoms with Crippen LogP contribution in [0.15, 0.2) is 87.1 Å². The minimum absolute atomic E-state index is 0. The number of hydrogen-bond donors (Lipinski definition) is 4. The maximum Gasteiger partial charge on any atom is 1.00 e. The summed E-state index contributed by atoms with van der Waals surface area (Å²) in [6.45, 7) is -4.15. The maximum atomic E-state index is 15.0. The number of nitrogen functional groups attached to an aromatic ring is 1. The number of H-pyrrole nitrogens is 1. The zero-order chi connectivity index (χ0) is 56.2. The molecule has 0 atom stereocenters. The van der Waals surface area contributed by atoms with Crippen molar-refractivity contribution < 1.29 is 287 Å². The predicted octanol–water partition coefficient (Wildman–Crippen LogP) is -13.1. The number of halogens is 2. The molecule has 28 nitrogen and oxygen atoms in total. The summed E-state index contributed by atoms with van der Waals surface area (Å²) in [5.74, 6) is -11.7. The van der Waals surface area contributed by atoms with E-state index in [4.69, 9.17) is 28.8 Å². The van der Waals surface area contributed by atoms with Gasteiger partial charge >= 0.3 is 212 Å². The Morgan fingerprint density at radius 2 is 1.51 bits per heavy atom. The number of carbonyl (C=O) groups is 5. The van der Waals surface area contributed by atoms with E-state index in [1.807, 2.05) is 24.3 Å². The number of aromatic amines is 1. The first-order valence-electron chi connectivity index (χ1n) is 23.6. The van der Waals surface area contributed by atoms with Gasteiger partial charge in [-0.2, -0.15) is 14.4 Å². The molecule has 0 aliphatic rings. The number of nitrogens with zero attached hydrogens (tertiary/aromatic N) is 10. The van der Waals surface area contributed by atoms with Gasteiger partial charge in [0, 0.05) is 30.7 Å². The van der Waals surface area contributed by atoms with Crippen LogP contribution < -0.4 is 261 Å². The van der Waals surface area contributed by atoms with E-state index < -0.39 is 92.2 Å². The fraction of sp³-hybridized carbons (Fsp3) is 0.265. The van der Waals surface area contributed by atoms with Crippen molar-refractivity contribution >= 4 is 75.1 Å². The minimum Gasteiger partial charge on any atom is -0.862 e. The SMILES string of the molecule is Nc1nc(OCc2ccc(CN=C([O-])CCc3cn(CCCNC(=O)c4cnc(-c5cc6cc(OCCOc7c(N(CC(=O)[O-])CC(=O)[O-])ccc(F)c7F)c(N(CC(=O)[O-])CC(=O)O)cc6o5)o4)nn3)cc2)c2[nH]cnc2n1.[K+].[K+].[K+].[K+]. The van der Waals surface area contributed by atoms with Crippen molar-refractivity contribution in [2.45, 2.75) is 39.0 Å². The number of imidazole rings is 1. The molecule has 34 heteroatoms. The van der Waals surface area contributed by atoms with Gasteiger partial charge in [-0.3, -0.25) is 14.3 Å². The van der Waals surface area contributed by atoms with Crippen molar-refractivity contribution in [1.29, 1.82) is 0 Å². The molecular formula is C49H43F2K4N13O15. The maximum absolute atomic E-state index is 15.0. The molecule has 5 aromatic heterocycles. The summed E-state index contributed by atoms with van der Waals surface area (Å²) in [5.41, 5.74) is 8.34. The quantitative estimate of drug-likeness (QED) is 0.0146. The van der Waals surface area contributed by atoms with Crippen molar-refractivity contribution in [2.24, 2.45) is 4.99 Å². The monoisotopic (exact) mass is 1250 g/mol. The van der Waals surface area contributed by atoms with Gasteiger partial charge in [-0.25, -0.2) is 14.4 Å². The normalized spacial score (nSPS) is 10.9. The van der Waals surface area contributed by atoms with Gasteiger partial charge in [0.25, 0.3) is 11.8 Å². The zero-order valence-electron chi connectivity index (χ0n) is 45.1. The largest absolute Gasteiger partial charge is 1.00 e. The molecule has 0 radical (unpaired) electrons. The predicted molar refractivity (Wildman–Crippen MR) is 259 cm³/mol. The van der Waals surface area contributed by atoms with E-state index in [9.17, 15) is 53.9 Å². The molecule has 0 aliphatic heterocycles. The topological polar surface area (TPSA) is 407 Å². The molecule has 83 heavy (non-hydrogen) atoms. The van der Waals surface area contributed by atoms with E-state index in [-0.39, 0.29) is 289 Å². The first-order chi connectivity index (χ1) is 38.0. The van der Waals surface area contributed by atoms with Gasteiger partial charge < -0.3 is 93.8 Å². The summed E-state index contributed by atoms with van der Waals surface area (Å²) in [6.07, 6.45) is 5.16. The number of benzene rings is 3. The Morgan fingerprint density at radius 1 is 0.819 bits per heavy atom. The Hall–Kier alpha value is -3.87. The van der Waals surface area contributed by atoms with Crippen LogP contribution in [0.25, 0.3) is 33.8 Å². The summed E-state index contributed by atoms with van der Waals surface area (Å²) in [7, 11) is 0. The van der Waals surface area contributed by atoms with E-state index in [1.54, 1.807) is 10.9 Å². The molecule has 0 aliphatic carbocycles. The van der Waals surface area contributed by atoms with Crippen LogP contribution in [0.1, 0.15) is 40.2 Å². The number of nitrogens with one attached hydrogen (secondary N) is 2. The Balaban J connectivity index is 0.00000370. The number of amides is 1. The average molecular weight is 1250 g/mol. The molecule has 3 aromatic carbocycles. The number of fused-ring (bicyclic) bond motifs is 2. The van der Waals surface area contributed by atoms with Crippen molar-refractivity contribution in [3.05, 3.63) is 108 Å². The molecule has 412 valence electrons. The van der Waals surface area contributed by atoms with Gasteiger partial charge in [0.15, 0.2) is 23.0 Å². The van der Waals surface area contributed by atoms with Crippen LogP contribution >= 0.6 is 0 Å². The van der Waals surface area contributed by atoms with Crippen LogP contribution in [-0.2, 0) is 45.3 Å². The van der Waals surface area contributed by atoms with Crippen molar-refractivity contribution in [1.82, 2.24) is 45.2 Å². The van der Waals surface area contributed by atoms with E-state index in [0.717, 1.165) is 28.3 Å². The third-order valence-corrected chi connectivity index (χ3v) is 11.3. The first kappa shape index (κ1) is 71.6. The molecular weight excluding hydrogens is 1210 g/mol. The number of carbonyl (C=O) groups excluding carboxylic acids is 4. The molecule has 0 saturated heterocycles. The number of carboxylic acid groups (broad SMARTS) is 4. The fourth-order valence-electron chi connectivity index (χ4n) is 7.71. The number of ether oxygens (including phenoxy) is 3. The van der Waals surface area contributed by atoms with Crippen LogP contribution in [-0.4, -0.2) is 127 Å².